The molecule has 1 aromatic carbocycles. The largest absolute Gasteiger partial charge is 0.439 e. The summed E-state index contributed by atoms with van der Waals surface area (Å²) in [5, 5.41) is 0. The lowest BCUT2D eigenvalue weighted by molar-refractivity contribution is -0.137. The number of pyridine rings is 1. The summed E-state index contributed by atoms with van der Waals surface area (Å²) in [7, 11) is 0. The number of nitrogens with two attached hydrogens (primary N) is 1. The van der Waals surface area contributed by atoms with Crippen LogP contribution in [-0.2, 0) is 6.18 Å². The fourth-order valence-electron chi connectivity index (χ4n) is 1.32. The number of ether oxygens (including phenoxy) is 1. The molecule has 0 fully saturated rings. The highest BCUT2D eigenvalue weighted by atomic mass is 19.4. The van der Waals surface area contributed by atoms with Crippen molar-refractivity contribution in [3.63, 3.8) is 0 Å². The second-order valence-corrected chi connectivity index (χ2v) is 3.52. The molecule has 1 heterocycles. The van der Waals surface area contributed by atoms with Crippen molar-refractivity contribution in [3.8, 4) is 11.6 Å². The first-order valence-electron chi connectivity index (χ1n) is 5.03. The second kappa shape index (κ2) is 4.56. The number of hydrogen-bond acceptors (Lipinski definition) is 3. The fourth-order valence-corrected chi connectivity index (χ4v) is 1.32. The minimum absolute atomic E-state index is 0.231. The molecule has 2 aromatic rings. The van der Waals surface area contributed by atoms with E-state index in [4.69, 9.17) is 10.5 Å². The van der Waals surface area contributed by atoms with Crippen molar-refractivity contribution in [3.05, 3.63) is 48.0 Å². The Labute approximate surface area is 101 Å². The van der Waals surface area contributed by atoms with Gasteiger partial charge in [0.05, 0.1) is 5.56 Å². The van der Waals surface area contributed by atoms with Crippen LogP contribution in [0.4, 0.5) is 19.0 Å². The van der Waals surface area contributed by atoms with Crippen LogP contribution >= 0.6 is 0 Å². The molecule has 2 rings (SSSR count). The van der Waals surface area contributed by atoms with E-state index >= 15 is 0 Å². The molecular formula is C12H9F3N2O. The summed E-state index contributed by atoms with van der Waals surface area (Å²) in [6, 6.07) is 9.14. The van der Waals surface area contributed by atoms with Crippen LogP contribution in [0.1, 0.15) is 5.56 Å². The summed E-state index contributed by atoms with van der Waals surface area (Å²) in [4.78, 5) is 3.87. The molecule has 0 saturated carbocycles. The van der Waals surface area contributed by atoms with Crippen molar-refractivity contribution in [2.75, 3.05) is 5.73 Å². The number of benzene rings is 1. The van der Waals surface area contributed by atoms with Crippen LogP contribution in [0.5, 0.6) is 11.6 Å². The predicted molar refractivity (Wildman–Crippen MR) is 60.2 cm³/mol. The van der Waals surface area contributed by atoms with Crippen LogP contribution in [0.15, 0.2) is 42.5 Å². The Morgan fingerprint density at radius 1 is 1.00 bits per heavy atom. The van der Waals surface area contributed by atoms with Gasteiger partial charge >= 0.3 is 6.18 Å². The van der Waals surface area contributed by atoms with Crippen LogP contribution in [-0.4, -0.2) is 4.98 Å². The summed E-state index contributed by atoms with van der Waals surface area (Å²) in [5.41, 5.74) is 4.73. The van der Waals surface area contributed by atoms with Gasteiger partial charge in [0, 0.05) is 6.07 Å². The third-order valence-electron chi connectivity index (χ3n) is 2.15. The zero-order valence-corrected chi connectivity index (χ0v) is 9.11. The highest BCUT2D eigenvalue weighted by Crippen LogP contribution is 2.31. The maximum Gasteiger partial charge on any atom is 0.416 e. The van der Waals surface area contributed by atoms with Crippen LogP contribution in [0, 0.1) is 0 Å². The van der Waals surface area contributed by atoms with Gasteiger partial charge in [-0.25, -0.2) is 0 Å². The van der Waals surface area contributed by atoms with Crippen LogP contribution in [0.2, 0.25) is 0 Å². The average molecular weight is 254 g/mol. The van der Waals surface area contributed by atoms with E-state index in [-0.39, 0.29) is 17.4 Å². The Kier molecular flexibility index (Phi) is 3.10. The van der Waals surface area contributed by atoms with Crippen molar-refractivity contribution < 1.29 is 17.9 Å². The molecule has 0 aliphatic carbocycles. The number of nitrogen functional groups attached to an aromatic ring is 1. The zero-order chi connectivity index (χ0) is 13.2. The van der Waals surface area contributed by atoms with Gasteiger partial charge in [-0.2, -0.15) is 18.2 Å². The van der Waals surface area contributed by atoms with Crippen LogP contribution in [0.25, 0.3) is 0 Å². The molecule has 1 aromatic heterocycles. The standard InChI is InChI=1S/C12H9F3N2O/c13-12(14,15)8-4-6-9(7-5-8)18-11-3-1-2-10(16)17-11/h1-7H,(H2,16,17). The number of nitrogens with zero attached hydrogens (tertiary/aromatic N) is 1. The van der Waals surface area contributed by atoms with Crippen molar-refractivity contribution in [2.45, 2.75) is 6.18 Å². The molecule has 2 N–H and O–H groups in total. The van der Waals surface area contributed by atoms with Gasteiger partial charge < -0.3 is 10.5 Å². The molecule has 0 amide bonds. The molecular weight excluding hydrogens is 245 g/mol. The van der Waals surface area contributed by atoms with Gasteiger partial charge in [0.1, 0.15) is 11.6 Å². The minimum atomic E-state index is -4.35. The fraction of sp³-hybridized carbons (Fsp3) is 0.0833. The van der Waals surface area contributed by atoms with Crippen LogP contribution in [0.3, 0.4) is 0 Å². The normalized spacial score (nSPS) is 11.3. The average Bonchev–Trinajstić information content (AvgIpc) is 2.28. The molecule has 0 radical (unpaired) electrons. The summed E-state index contributed by atoms with van der Waals surface area (Å²) in [6.45, 7) is 0. The number of alkyl halides is 3. The lowest BCUT2D eigenvalue weighted by Gasteiger charge is -2.08. The summed E-state index contributed by atoms with van der Waals surface area (Å²) >= 11 is 0. The predicted octanol–water partition coefficient (Wildman–Crippen LogP) is 3.47. The Morgan fingerprint density at radius 3 is 2.22 bits per heavy atom. The molecule has 94 valence electrons. The zero-order valence-electron chi connectivity index (χ0n) is 9.11. The Bertz CT molecular complexity index is 538. The van der Waals surface area contributed by atoms with E-state index in [1.165, 1.54) is 12.1 Å². The van der Waals surface area contributed by atoms with Crippen molar-refractivity contribution >= 4 is 5.82 Å². The molecule has 3 nitrogen and oxygen atoms in total. The third-order valence-corrected chi connectivity index (χ3v) is 2.15. The van der Waals surface area contributed by atoms with Crippen molar-refractivity contribution in [1.29, 1.82) is 0 Å². The topological polar surface area (TPSA) is 48.1 Å². The van der Waals surface area contributed by atoms with Gasteiger partial charge in [-0.3, -0.25) is 0 Å². The number of halogens is 3. The van der Waals surface area contributed by atoms with E-state index < -0.39 is 11.7 Å². The molecule has 0 atom stereocenters. The minimum Gasteiger partial charge on any atom is -0.439 e. The Balaban J connectivity index is 2.16. The highest BCUT2D eigenvalue weighted by Gasteiger charge is 2.30. The first-order valence-corrected chi connectivity index (χ1v) is 5.03. The molecule has 0 spiro atoms. The summed E-state index contributed by atoms with van der Waals surface area (Å²) in [5.74, 6) is 0.773. The Hall–Kier alpha value is -2.24. The van der Waals surface area contributed by atoms with E-state index in [0.29, 0.717) is 0 Å². The van der Waals surface area contributed by atoms with E-state index in [1.54, 1.807) is 18.2 Å². The number of hydrogen-bond donors (Lipinski definition) is 1. The maximum atomic E-state index is 12.3. The molecule has 0 bridgehead atoms. The molecule has 0 unspecified atom stereocenters. The van der Waals surface area contributed by atoms with E-state index in [2.05, 4.69) is 4.98 Å². The van der Waals surface area contributed by atoms with Gasteiger partial charge in [-0.15, -0.1) is 0 Å². The number of rotatable bonds is 2. The van der Waals surface area contributed by atoms with Crippen LogP contribution < -0.4 is 10.5 Å². The second-order valence-electron chi connectivity index (χ2n) is 3.52. The SMILES string of the molecule is Nc1cccc(Oc2ccc(C(F)(F)F)cc2)n1. The summed E-state index contributed by atoms with van der Waals surface area (Å²) in [6.07, 6.45) is -4.35. The van der Waals surface area contributed by atoms with Gasteiger partial charge in [0.15, 0.2) is 0 Å². The molecule has 6 heteroatoms. The molecule has 0 aliphatic rings. The van der Waals surface area contributed by atoms with Gasteiger partial charge in [-0.1, -0.05) is 6.07 Å². The third kappa shape index (κ3) is 2.91. The van der Waals surface area contributed by atoms with Gasteiger partial charge in [-0.05, 0) is 30.3 Å². The quantitative estimate of drug-likeness (QED) is 0.892. The smallest absolute Gasteiger partial charge is 0.416 e. The van der Waals surface area contributed by atoms with Gasteiger partial charge in [0.2, 0.25) is 5.88 Å². The molecule has 0 aliphatic heterocycles. The van der Waals surface area contributed by atoms with E-state index in [9.17, 15) is 13.2 Å². The first-order chi connectivity index (χ1) is 8.45. The number of aromatic nitrogens is 1. The first kappa shape index (κ1) is 12.2. The molecule has 0 saturated heterocycles. The maximum absolute atomic E-state index is 12.3. The van der Waals surface area contributed by atoms with E-state index in [1.807, 2.05) is 0 Å². The lowest BCUT2D eigenvalue weighted by Crippen LogP contribution is -2.04. The molecule has 18 heavy (non-hydrogen) atoms. The van der Waals surface area contributed by atoms with Gasteiger partial charge in [0.25, 0.3) is 0 Å². The lowest BCUT2D eigenvalue weighted by atomic mass is 10.2. The monoisotopic (exact) mass is 254 g/mol. The number of anilines is 1. The Morgan fingerprint density at radius 2 is 1.67 bits per heavy atom. The summed E-state index contributed by atoms with van der Waals surface area (Å²) < 4.78 is 42.3. The van der Waals surface area contributed by atoms with Crippen molar-refractivity contribution in [2.24, 2.45) is 0 Å². The van der Waals surface area contributed by atoms with Crippen molar-refractivity contribution in [1.82, 2.24) is 4.98 Å². The van der Waals surface area contributed by atoms with E-state index in [0.717, 1.165) is 12.1 Å². The highest BCUT2D eigenvalue weighted by molar-refractivity contribution is 5.35.